The lowest BCUT2D eigenvalue weighted by atomic mass is 9.87. The van der Waals surface area contributed by atoms with Gasteiger partial charge in [0.2, 0.25) is 0 Å². The van der Waals surface area contributed by atoms with Crippen molar-refractivity contribution in [3.05, 3.63) is 23.8 Å². The molecule has 152 valence electrons. The first-order valence-corrected chi connectivity index (χ1v) is 10.3. The summed E-state index contributed by atoms with van der Waals surface area (Å²) in [5.41, 5.74) is 2.04. The normalized spacial score (nSPS) is 24.2. The van der Waals surface area contributed by atoms with Crippen LogP contribution in [0.3, 0.4) is 0 Å². The molecule has 3 aliphatic heterocycles. The number of benzene rings is 1. The van der Waals surface area contributed by atoms with E-state index >= 15 is 0 Å². The number of nitrogens with one attached hydrogen (secondary N) is 1. The van der Waals surface area contributed by atoms with Gasteiger partial charge in [0.15, 0.2) is 0 Å². The third-order valence-electron chi connectivity index (χ3n) is 5.74. The second-order valence-corrected chi connectivity index (χ2v) is 7.59. The summed E-state index contributed by atoms with van der Waals surface area (Å²) in [6, 6.07) is 6.41. The molecule has 3 heterocycles. The van der Waals surface area contributed by atoms with Crippen molar-refractivity contribution < 1.29 is 19.0 Å². The molecule has 7 heteroatoms. The van der Waals surface area contributed by atoms with Crippen LogP contribution in [0.2, 0.25) is 0 Å². The summed E-state index contributed by atoms with van der Waals surface area (Å²) in [6.45, 7) is 5.39. The van der Waals surface area contributed by atoms with Crippen LogP contribution in [-0.2, 0) is 9.47 Å². The number of carbonyl (C=O) groups is 1. The zero-order valence-corrected chi connectivity index (χ0v) is 16.4. The summed E-state index contributed by atoms with van der Waals surface area (Å²) in [5, 5.41) is 3.32. The van der Waals surface area contributed by atoms with Crippen LogP contribution in [0.1, 0.15) is 44.1 Å². The lowest BCUT2D eigenvalue weighted by Gasteiger charge is -2.30. The fourth-order valence-corrected chi connectivity index (χ4v) is 4.16. The van der Waals surface area contributed by atoms with Gasteiger partial charge in [-0.3, -0.25) is 9.89 Å². The standard InChI is InChI=1S/C21H29N3O4/c1-2-24(21(25)28-18-6-8-26-9-7-18)17-3-4-20-19(12-17)15(5-10-27-20)11-16-13-22-14-23-16/h3-4,12,14-16,18H,2,5-11,13H2,1H3,(H,22,23). The van der Waals surface area contributed by atoms with Crippen LogP contribution in [0, 0.1) is 0 Å². The largest absolute Gasteiger partial charge is 0.493 e. The molecule has 4 rings (SSSR count). The molecule has 1 saturated heterocycles. The van der Waals surface area contributed by atoms with Crippen molar-refractivity contribution in [2.75, 3.05) is 37.8 Å². The average molecular weight is 387 g/mol. The van der Waals surface area contributed by atoms with E-state index < -0.39 is 0 Å². The lowest BCUT2D eigenvalue weighted by molar-refractivity contribution is 0.00387. The van der Waals surface area contributed by atoms with E-state index in [4.69, 9.17) is 14.2 Å². The minimum Gasteiger partial charge on any atom is -0.493 e. The molecule has 0 saturated carbocycles. The highest BCUT2D eigenvalue weighted by Gasteiger charge is 2.28. The van der Waals surface area contributed by atoms with Crippen molar-refractivity contribution in [3.63, 3.8) is 0 Å². The van der Waals surface area contributed by atoms with Gasteiger partial charge in [-0.1, -0.05) is 0 Å². The van der Waals surface area contributed by atoms with Crippen LogP contribution < -0.4 is 15.0 Å². The van der Waals surface area contributed by atoms with Gasteiger partial charge in [-0.05, 0) is 49.4 Å². The van der Waals surface area contributed by atoms with E-state index in [1.54, 1.807) is 11.2 Å². The molecule has 1 aromatic rings. The first kappa shape index (κ1) is 19.1. The Balaban J connectivity index is 1.49. The molecule has 0 spiro atoms. The third-order valence-corrected chi connectivity index (χ3v) is 5.74. The second kappa shape index (κ2) is 8.82. The van der Waals surface area contributed by atoms with Crippen LogP contribution in [0.25, 0.3) is 0 Å². The molecule has 1 amide bonds. The second-order valence-electron chi connectivity index (χ2n) is 7.59. The molecule has 1 fully saturated rings. The molecule has 0 aliphatic carbocycles. The van der Waals surface area contributed by atoms with Crippen LogP contribution in [0.4, 0.5) is 10.5 Å². The first-order valence-electron chi connectivity index (χ1n) is 10.3. The molecule has 0 radical (unpaired) electrons. The maximum atomic E-state index is 12.8. The molecule has 3 aliphatic rings. The van der Waals surface area contributed by atoms with Crippen molar-refractivity contribution in [3.8, 4) is 5.75 Å². The van der Waals surface area contributed by atoms with E-state index in [9.17, 15) is 4.79 Å². The van der Waals surface area contributed by atoms with Gasteiger partial charge in [0.25, 0.3) is 0 Å². The predicted octanol–water partition coefficient (Wildman–Crippen LogP) is 3.08. The van der Waals surface area contributed by atoms with Crippen molar-refractivity contribution in [2.45, 2.75) is 50.7 Å². The summed E-state index contributed by atoms with van der Waals surface area (Å²) < 4.78 is 16.9. The number of aliphatic imine (C=N–C) groups is 1. The molecule has 0 bridgehead atoms. The summed E-state index contributed by atoms with van der Waals surface area (Å²) in [5.74, 6) is 1.32. The smallest absolute Gasteiger partial charge is 0.414 e. The molecule has 1 N–H and O–H groups in total. The van der Waals surface area contributed by atoms with Gasteiger partial charge >= 0.3 is 6.09 Å². The SMILES string of the molecule is CCN(C(=O)OC1CCOCC1)c1ccc2c(c1)C(CC1CN=CN1)CCO2. The molecule has 0 aromatic heterocycles. The van der Waals surface area contributed by atoms with Gasteiger partial charge in [0.05, 0.1) is 32.7 Å². The summed E-state index contributed by atoms with van der Waals surface area (Å²) >= 11 is 0. The van der Waals surface area contributed by atoms with Crippen molar-refractivity contribution >= 4 is 18.1 Å². The van der Waals surface area contributed by atoms with E-state index in [0.29, 0.717) is 31.7 Å². The molecule has 28 heavy (non-hydrogen) atoms. The van der Waals surface area contributed by atoms with E-state index in [1.165, 1.54) is 5.56 Å². The third kappa shape index (κ3) is 4.24. The van der Waals surface area contributed by atoms with Crippen molar-refractivity contribution in [1.82, 2.24) is 5.32 Å². The molecule has 2 unspecified atom stereocenters. The van der Waals surface area contributed by atoms with Gasteiger partial charge < -0.3 is 19.5 Å². The van der Waals surface area contributed by atoms with Gasteiger partial charge in [0, 0.05) is 31.1 Å². The van der Waals surface area contributed by atoms with Crippen molar-refractivity contribution in [1.29, 1.82) is 0 Å². The van der Waals surface area contributed by atoms with Crippen LogP contribution in [-0.4, -0.2) is 57.5 Å². The minimum atomic E-state index is -0.284. The fourth-order valence-electron chi connectivity index (χ4n) is 4.16. The summed E-state index contributed by atoms with van der Waals surface area (Å²) in [4.78, 5) is 18.8. The van der Waals surface area contributed by atoms with Gasteiger partial charge in [0.1, 0.15) is 11.9 Å². The Kier molecular flexibility index (Phi) is 6.00. The maximum absolute atomic E-state index is 12.8. The first-order chi connectivity index (χ1) is 13.7. The number of amides is 1. The molecule has 7 nitrogen and oxygen atoms in total. The lowest BCUT2D eigenvalue weighted by Crippen LogP contribution is -2.36. The number of hydrogen-bond donors (Lipinski definition) is 1. The van der Waals surface area contributed by atoms with Crippen molar-refractivity contribution in [2.24, 2.45) is 4.99 Å². The Labute approximate surface area is 166 Å². The number of anilines is 1. The highest BCUT2D eigenvalue weighted by molar-refractivity contribution is 5.88. The topological polar surface area (TPSA) is 72.4 Å². The van der Waals surface area contributed by atoms with Crippen LogP contribution in [0.15, 0.2) is 23.2 Å². The zero-order valence-electron chi connectivity index (χ0n) is 16.4. The van der Waals surface area contributed by atoms with Crippen LogP contribution in [0.5, 0.6) is 5.75 Å². The predicted molar refractivity (Wildman–Crippen MR) is 108 cm³/mol. The number of fused-ring (bicyclic) bond motifs is 1. The molecule has 2 atom stereocenters. The molecular weight excluding hydrogens is 358 g/mol. The number of nitrogens with zero attached hydrogens (tertiary/aromatic N) is 2. The van der Waals surface area contributed by atoms with E-state index in [2.05, 4.69) is 16.4 Å². The molecular formula is C21H29N3O4. The van der Waals surface area contributed by atoms with Gasteiger partial charge in [-0.15, -0.1) is 0 Å². The highest BCUT2D eigenvalue weighted by atomic mass is 16.6. The Bertz CT molecular complexity index is 710. The number of rotatable bonds is 5. The number of carbonyl (C=O) groups excluding carboxylic acids is 1. The van der Waals surface area contributed by atoms with Crippen LogP contribution >= 0.6 is 0 Å². The average Bonchev–Trinajstić information content (AvgIpc) is 3.23. The van der Waals surface area contributed by atoms with Gasteiger partial charge in [-0.2, -0.15) is 0 Å². The Morgan fingerprint density at radius 1 is 1.29 bits per heavy atom. The minimum absolute atomic E-state index is 0.0579. The summed E-state index contributed by atoms with van der Waals surface area (Å²) in [6.07, 6.45) is 4.98. The Hall–Kier alpha value is -2.28. The van der Waals surface area contributed by atoms with E-state index in [1.807, 2.05) is 19.1 Å². The quantitative estimate of drug-likeness (QED) is 0.841. The van der Waals surface area contributed by atoms with Gasteiger partial charge in [-0.25, -0.2) is 4.79 Å². The summed E-state index contributed by atoms with van der Waals surface area (Å²) in [7, 11) is 0. The highest BCUT2D eigenvalue weighted by Crippen LogP contribution is 2.39. The zero-order chi connectivity index (χ0) is 19.3. The maximum Gasteiger partial charge on any atom is 0.414 e. The van der Waals surface area contributed by atoms with E-state index in [0.717, 1.165) is 50.3 Å². The Morgan fingerprint density at radius 2 is 2.14 bits per heavy atom. The monoisotopic (exact) mass is 387 g/mol. The fraction of sp³-hybridized carbons (Fsp3) is 0.619. The Morgan fingerprint density at radius 3 is 2.89 bits per heavy atom. The number of hydrogen-bond acceptors (Lipinski definition) is 6. The molecule has 1 aromatic carbocycles. The number of ether oxygens (including phenoxy) is 3. The van der Waals surface area contributed by atoms with E-state index in [-0.39, 0.29) is 12.2 Å².